The van der Waals surface area contributed by atoms with Gasteiger partial charge in [0.2, 0.25) is 0 Å². The molecule has 0 fully saturated rings. The molecule has 98 valence electrons. The molecule has 0 aromatic carbocycles. The van der Waals surface area contributed by atoms with Gasteiger partial charge in [-0.3, -0.25) is 5.32 Å². The van der Waals surface area contributed by atoms with Gasteiger partial charge < -0.3 is 9.32 Å². The van der Waals surface area contributed by atoms with Gasteiger partial charge in [-0.15, -0.1) is 0 Å². The van der Waals surface area contributed by atoms with Crippen LogP contribution in [0.3, 0.4) is 0 Å². The third-order valence-electron chi connectivity index (χ3n) is 2.72. The summed E-state index contributed by atoms with van der Waals surface area (Å²) in [6, 6.07) is 5.66. The molecule has 0 aliphatic carbocycles. The predicted octanol–water partition coefficient (Wildman–Crippen LogP) is 1.95. The lowest BCUT2D eigenvalue weighted by Gasteiger charge is -2.17. The van der Waals surface area contributed by atoms with Crippen molar-refractivity contribution in [2.24, 2.45) is 0 Å². The number of aromatic nitrogens is 2. The van der Waals surface area contributed by atoms with E-state index in [0.717, 1.165) is 30.3 Å². The van der Waals surface area contributed by atoms with Crippen LogP contribution in [0.5, 0.6) is 0 Å². The largest absolute Gasteiger partial charge is 0.466 e. The highest BCUT2D eigenvalue weighted by molar-refractivity contribution is 5.49. The van der Waals surface area contributed by atoms with Crippen LogP contribution in [-0.2, 0) is 6.42 Å². The molecule has 1 N–H and O–H groups in total. The maximum Gasteiger partial charge on any atom is 0.182 e. The molecule has 6 heteroatoms. The molecule has 2 aromatic rings. The Balaban J connectivity index is 1.97. The van der Waals surface area contributed by atoms with Crippen molar-refractivity contribution in [3.05, 3.63) is 36.0 Å². The molecule has 0 aliphatic heterocycles. The van der Waals surface area contributed by atoms with Crippen LogP contribution in [-0.4, -0.2) is 23.6 Å². The summed E-state index contributed by atoms with van der Waals surface area (Å²) in [5, 5.41) is 11.0. The predicted molar refractivity (Wildman–Crippen MR) is 71.7 cm³/mol. The monoisotopic (exact) mass is 257 g/mol. The van der Waals surface area contributed by atoms with Crippen LogP contribution in [0.15, 0.2) is 28.9 Å². The molecular weight excluding hydrogens is 242 g/mol. The lowest BCUT2D eigenvalue weighted by atomic mass is 10.3. The Bertz CT molecular complexity index is 587. The molecule has 19 heavy (non-hydrogen) atoms. The fourth-order valence-corrected chi connectivity index (χ4v) is 1.69. The lowest BCUT2D eigenvalue weighted by Crippen LogP contribution is -2.21. The summed E-state index contributed by atoms with van der Waals surface area (Å²) in [6.07, 6.45) is 4.07. The first kappa shape index (κ1) is 12.9. The number of anilines is 2. The van der Waals surface area contributed by atoms with Crippen molar-refractivity contribution in [1.82, 2.24) is 9.97 Å². The minimum atomic E-state index is 0.494. The van der Waals surface area contributed by atoms with E-state index in [9.17, 15) is 0 Å². The van der Waals surface area contributed by atoms with E-state index in [0.29, 0.717) is 5.82 Å². The fourth-order valence-electron chi connectivity index (χ4n) is 1.69. The van der Waals surface area contributed by atoms with Gasteiger partial charge in [-0.25, -0.2) is 9.97 Å². The number of hydrogen-bond donors (Lipinski definition) is 1. The van der Waals surface area contributed by atoms with Gasteiger partial charge in [-0.2, -0.15) is 5.26 Å². The summed E-state index contributed by atoms with van der Waals surface area (Å²) < 4.78 is 5.52. The van der Waals surface area contributed by atoms with Gasteiger partial charge in [0.1, 0.15) is 29.5 Å². The first-order valence-corrected chi connectivity index (χ1v) is 5.92. The van der Waals surface area contributed by atoms with Gasteiger partial charge >= 0.3 is 0 Å². The number of likely N-dealkylation sites (N-methyl/N-ethyl adjacent to an activating group) is 1. The average Bonchev–Trinajstić information content (AvgIpc) is 2.82. The van der Waals surface area contributed by atoms with Gasteiger partial charge in [0, 0.05) is 26.1 Å². The zero-order valence-corrected chi connectivity index (χ0v) is 10.9. The molecule has 0 bridgehead atoms. The molecule has 0 aliphatic rings. The van der Waals surface area contributed by atoms with Crippen LogP contribution >= 0.6 is 0 Å². The van der Waals surface area contributed by atoms with Crippen LogP contribution in [0.1, 0.15) is 11.5 Å². The number of nitrogens with one attached hydrogen (secondary N) is 1. The highest BCUT2D eigenvalue weighted by atomic mass is 16.3. The molecule has 0 amide bonds. The van der Waals surface area contributed by atoms with Gasteiger partial charge in [-0.05, 0) is 19.1 Å². The van der Waals surface area contributed by atoms with Crippen molar-refractivity contribution in [3.8, 4) is 6.19 Å². The van der Waals surface area contributed by atoms with Crippen LogP contribution in [0.25, 0.3) is 0 Å². The highest BCUT2D eigenvalue weighted by Crippen LogP contribution is 2.14. The topological polar surface area (TPSA) is 78.0 Å². The third kappa shape index (κ3) is 3.45. The number of nitriles is 1. The second-order valence-electron chi connectivity index (χ2n) is 4.18. The molecule has 0 radical (unpaired) electrons. The lowest BCUT2D eigenvalue weighted by molar-refractivity contribution is 0.483. The van der Waals surface area contributed by atoms with E-state index in [1.54, 1.807) is 6.07 Å². The van der Waals surface area contributed by atoms with E-state index in [1.807, 2.05) is 37.2 Å². The number of nitrogens with zero attached hydrogens (tertiary/aromatic N) is 4. The van der Waals surface area contributed by atoms with E-state index in [-0.39, 0.29) is 0 Å². The van der Waals surface area contributed by atoms with Gasteiger partial charge in [0.15, 0.2) is 6.19 Å². The molecule has 6 nitrogen and oxygen atoms in total. The molecule has 2 aromatic heterocycles. The molecule has 0 unspecified atom stereocenters. The standard InChI is InChI=1S/C13H15N5O/c1-10-3-4-11(19-10)5-6-18(2)13-7-12(15-8-14)16-9-17-13/h3-4,7,9H,5-6H2,1-2H3,(H,15,16,17). The van der Waals surface area contributed by atoms with Crippen molar-refractivity contribution < 1.29 is 4.42 Å². The molecule has 2 rings (SSSR count). The summed E-state index contributed by atoms with van der Waals surface area (Å²) in [5.74, 6) is 3.12. The average molecular weight is 257 g/mol. The second-order valence-corrected chi connectivity index (χ2v) is 4.18. The van der Waals surface area contributed by atoms with Crippen LogP contribution in [0, 0.1) is 18.4 Å². The Morgan fingerprint density at radius 1 is 1.42 bits per heavy atom. The third-order valence-corrected chi connectivity index (χ3v) is 2.72. The first-order valence-electron chi connectivity index (χ1n) is 5.92. The Labute approximate surface area is 111 Å². The van der Waals surface area contributed by atoms with E-state index in [4.69, 9.17) is 9.68 Å². The Kier molecular flexibility index (Phi) is 3.98. The smallest absolute Gasteiger partial charge is 0.182 e. The quantitative estimate of drug-likeness (QED) is 0.651. The maximum atomic E-state index is 8.56. The van der Waals surface area contributed by atoms with Crippen LogP contribution in [0.2, 0.25) is 0 Å². The molecule has 0 atom stereocenters. The van der Waals surface area contributed by atoms with Crippen molar-refractivity contribution in [1.29, 1.82) is 5.26 Å². The summed E-state index contributed by atoms with van der Waals surface area (Å²) >= 11 is 0. The van der Waals surface area contributed by atoms with Crippen LogP contribution < -0.4 is 10.2 Å². The zero-order chi connectivity index (χ0) is 13.7. The summed E-state index contributed by atoms with van der Waals surface area (Å²) in [5.41, 5.74) is 0. The number of aryl methyl sites for hydroxylation is 1. The number of rotatable bonds is 5. The van der Waals surface area contributed by atoms with Gasteiger partial charge in [0.25, 0.3) is 0 Å². The first-order chi connectivity index (χ1) is 9.19. The Morgan fingerprint density at radius 3 is 2.95 bits per heavy atom. The zero-order valence-electron chi connectivity index (χ0n) is 10.9. The van der Waals surface area contributed by atoms with E-state index in [2.05, 4.69) is 15.3 Å². The van der Waals surface area contributed by atoms with Crippen molar-refractivity contribution in [3.63, 3.8) is 0 Å². The summed E-state index contributed by atoms with van der Waals surface area (Å²) in [4.78, 5) is 10.1. The minimum absolute atomic E-state index is 0.494. The Hall–Kier alpha value is -2.55. The normalized spacial score (nSPS) is 9.95. The summed E-state index contributed by atoms with van der Waals surface area (Å²) in [6.45, 7) is 2.70. The van der Waals surface area contributed by atoms with Crippen molar-refractivity contribution in [2.45, 2.75) is 13.3 Å². The molecule has 2 heterocycles. The number of furan rings is 1. The van der Waals surface area contributed by atoms with Crippen molar-refractivity contribution in [2.75, 3.05) is 23.8 Å². The minimum Gasteiger partial charge on any atom is -0.466 e. The van der Waals surface area contributed by atoms with E-state index >= 15 is 0 Å². The molecular formula is C13H15N5O. The van der Waals surface area contributed by atoms with Gasteiger partial charge in [0.05, 0.1) is 0 Å². The molecule has 0 saturated carbocycles. The fraction of sp³-hybridized carbons (Fsp3) is 0.308. The molecule has 0 spiro atoms. The molecule has 0 saturated heterocycles. The summed E-state index contributed by atoms with van der Waals surface area (Å²) in [7, 11) is 1.94. The SMILES string of the molecule is Cc1ccc(CCN(C)c2cc(NC#N)ncn2)o1. The number of hydrogen-bond acceptors (Lipinski definition) is 6. The van der Waals surface area contributed by atoms with Crippen LogP contribution in [0.4, 0.5) is 11.6 Å². The van der Waals surface area contributed by atoms with Crippen molar-refractivity contribution >= 4 is 11.6 Å². The maximum absolute atomic E-state index is 8.56. The van der Waals surface area contributed by atoms with Gasteiger partial charge in [-0.1, -0.05) is 0 Å². The van der Waals surface area contributed by atoms with E-state index in [1.165, 1.54) is 6.33 Å². The highest BCUT2D eigenvalue weighted by Gasteiger charge is 2.06. The Morgan fingerprint density at radius 2 is 2.26 bits per heavy atom. The second kappa shape index (κ2) is 5.87. The van der Waals surface area contributed by atoms with E-state index < -0.39 is 0 Å².